The largest absolute Gasteiger partial charge is 0.489 e. The van der Waals surface area contributed by atoms with Crippen LogP contribution in [0.4, 0.5) is 5.69 Å². The predicted molar refractivity (Wildman–Crippen MR) is 101 cm³/mol. The molecule has 0 unspecified atom stereocenters. The first-order valence-electron chi connectivity index (χ1n) is 8.36. The third-order valence-electron chi connectivity index (χ3n) is 4.07. The second-order valence-corrected chi connectivity index (χ2v) is 5.91. The molecule has 0 heterocycles. The zero-order valence-corrected chi connectivity index (χ0v) is 14.0. The molecule has 0 aromatic heterocycles. The van der Waals surface area contributed by atoms with Crippen molar-refractivity contribution in [2.24, 2.45) is 0 Å². The highest BCUT2D eigenvalue weighted by Gasteiger charge is 2.00. The van der Waals surface area contributed by atoms with E-state index >= 15 is 0 Å². The maximum atomic E-state index is 5.88. The molecule has 0 radical (unpaired) electrons. The fourth-order valence-electron chi connectivity index (χ4n) is 2.67. The molecule has 3 rings (SSSR count). The Kier molecular flexibility index (Phi) is 5.52. The van der Waals surface area contributed by atoms with Gasteiger partial charge in [0.05, 0.1) is 0 Å². The Morgan fingerprint density at radius 3 is 2.46 bits per heavy atom. The van der Waals surface area contributed by atoms with Gasteiger partial charge in [-0.15, -0.1) is 0 Å². The summed E-state index contributed by atoms with van der Waals surface area (Å²) in [6.45, 7) is 3.66. The summed E-state index contributed by atoms with van der Waals surface area (Å²) in [4.78, 5) is 0. The highest BCUT2D eigenvalue weighted by molar-refractivity contribution is 5.48. The minimum absolute atomic E-state index is 0.591. The highest BCUT2D eigenvalue weighted by Crippen LogP contribution is 2.19. The van der Waals surface area contributed by atoms with E-state index in [1.54, 1.807) is 0 Å². The van der Waals surface area contributed by atoms with E-state index < -0.39 is 0 Å². The summed E-state index contributed by atoms with van der Waals surface area (Å²) in [6, 6.07) is 26.9. The van der Waals surface area contributed by atoms with Gasteiger partial charge in [0, 0.05) is 18.3 Å². The molecule has 24 heavy (non-hydrogen) atoms. The zero-order valence-electron chi connectivity index (χ0n) is 14.0. The van der Waals surface area contributed by atoms with Crippen LogP contribution in [-0.4, -0.2) is 6.54 Å². The summed E-state index contributed by atoms with van der Waals surface area (Å²) < 4.78 is 5.88. The number of hydrogen-bond donors (Lipinski definition) is 1. The zero-order chi connectivity index (χ0) is 16.6. The van der Waals surface area contributed by atoms with Gasteiger partial charge in [0.2, 0.25) is 0 Å². The molecule has 0 fully saturated rings. The van der Waals surface area contributed by atoms with Crippen LogP contribution in [0.1, 0.15) is 16.7 Å². The van der Waals surface area contributed by atoms with Gasteiger partial charge in [-0.3, -0.25) is 0 Å². The number of nitrogens with one attached hydrogen (secondary N) is 1. The normalized spacial score (nSPS) is 10.4. The van der Waals surface area contributed by atoms with E-state index in [2.05, 4.69) is 60.8 Å². The monoisotopic (exact) mass is 317 g/mol. The molecule has 3 aromatic carbocycles. The van der Waals surface area contributed by atoms with Crippen molar-refractivity contribution < 1.29 is 4.74 Å². The summed E-state index contributed by atoms with van der Waals surface area (Å²) in [6.07, 6.45) is 1.02. The van der Waals surface area contributed by atoms with Crippen LogP contribution < -0.4 is 10.1 Å². The molecule has 0 bridgehead atoms. The first-order valence-corrected chi connectivity index (χ1v) is 8.36. The smallest absolute Gasteiger partial charge is 0.121 e. The predicted octanol–water partition coefficient (Wildman–Crippen LogP) is 5.23. The molecule has 2 nitrogen and oxygen atoms in total. The number of anilines is 1. The number of hydrogen-bond acceptors (Lipinski definition) is 2. The number of benzene rings is 3. The molecule has 0 aliphatic heterocycles. The highest BCUT2D eigenvalue weighted by atomic mass is 16.5. The van der Waals surface area contributed by atoms with Gasteiger partial charge in [-0.25, -0.2) is 0 Å². The molecule has 0 atom stereocenters. The third kappa shape index (κ3) is 4.63. The summed E-state index contributed by atoms with van der Waals surface area (Å²) >= 11 is 0. The van der Waals surface area contributed by atoms with E-state index in [-0.39, 0.29) is 0 Å². The van der Waals surface area contributed by atoms with Gasteiger partial charge in [-0.1, -0.05) is 60.7 Å². The standard InChI is InChI=1S/C22H23NO/c1-18-8-5-6-11-20(18)14-15-23-21-12-7-13-22(16-21)24-17-19-9-3-2-4-10-19/h2-13,16,23H,14-15,17H2,1H3. The van der Waals surface area contributed by atoms with Crippen molar-refractivity contribution in [2.75, 3.05) is 11.9 Å². The lowest BCUT2D eigenvalue weighted by Crippen LogP contribution is -2.06. The number of rotatable bonds is 7. The molecular weight excluding hydrogens is 294 g/mol. The molecule has 0 spiro atoms. The molecular formula is C22H23NO. The van der Waals surface area contributed by atoms with Crippen LogP contribution >= 0.6 is 0 Å². The van der Waals surface area contributed by atoms with Gasteiger partial charge in [0.25, 0.3) is 0 Å². The Hall–Kier alpha value is -2.74. The van der Waals surface area contributed by atoms with Crippen LogP contribution in [0, 0.1) is 6.92 Å². The van der Waals surface area contributed by atoms with Crippen LogP contribution in [0.3, 0.4) is 0 Å². The van der Waals surface area contributed by atoms with Crippen LogP contribution in [0.15, 0.2) is 78.9 Å². The minimum Gasteiger partial charge on any atom is -0.489 e. The quantitative estimate of drug-likeness (QED) is 0.644. The summed E-state index contributed by atoms with van der Waals surface area (Å²) in [5, 5.41) is 3.48. The second-order valence-electron chi connectivity index (χ2n) is 5.91. The van der Waals surface area contributed by atoms with Gasteiger partial charge < -0.3 is 10.1 Å². The molecule has 3 aromatic rings. The van der Waals surface area contributed by atoms with Crippen molar-refractivity contribution in [1.29, 1.82) is 0 Å². The lowest BCUT2D eigenvalue weighted by atomic mass is 10.1. The Balaban J connectivity index is 1.52. The first kappa shape index (κ1) is 16.1. The Bertz CT molecular complexity index is 768. The lowest BCUT2D eigenvalue weighted by molar-refractivity contribution is 0.306. The van der Waals surface area contributed by atoms with Gasteiger partial charge in [-0.05, 0) is 42.2 Å². The first-order chi connectivity index (χ1) is 11.8. The molecule has 0 saturated carbocycles. The topological polar surface area (TPSA) is 21.3 Å². The number of ether oxygens (including phenoxy) is 1. The fourth-order valence-corrected chi connectivity index (χ4v) is 2.67. The van der Waals surface area contributed by atoms with Crippen LogP contribution in [-0.2, 0) is 13.0 Å². The van der Waals surface area contributed by atoms with Crippen LogP contribution in [0.2, 0.25) is 0 Å². The van der Waals surface area contributed by atoms with E-state index in [1.807, 2.05) is 30.3 Å². The number of aryl methyl sites for hydroxylation is 1. The van der Waals surface area contributed by atoms with Crippen molar-refractivity contribution in [3.63, 3.8) is 0 Å². The van der Waals surface area contributed by atoms with Gasteiger partial charge >= 0.3 is 0 Å². The minimum atomic E-state index is 0.591. The van der Waals surface area contributed by atoms with Crippen molar-refractivity contribution in [3.05, 3.63) is 95.6 Å². The molecule has 122 valence electrons. The summed E-state index contributed by atoms with van der Waals surface area (Å²) in [5.74, 6) is 0.889. The second kappa shape index (κ2) is 8.21. The summed E-state index contributed by atoms with van der Waals surface area (Å²) in [7, 11) is 0. The molecule has 0 aliphatic carbocycles. The Morgan fingerprint density at radius 2 is 1.62 bits per heavy atom. The van der Waals surface area contributed by atoms with Crippen LogP contribution in [0.5, 0.6) is 5.75 Å². The maximum absolute atomic E-state index is 5.88. The molecule has 1 N–H and O–H groups in total. The Labute approximate surface area is 144 Å². The SMILES string of the molecule is Cc1ccccc1CCNc1cccc(OCc2ccccc2)c1. The molecule has 0 saturated heterocycles. The van der Waals surface area contributed by atoms with Gasteiger partial charge in [-0.2, -0.15) is 0 Å². The summed E-state index contributed by atoms with van der Waals surface area (Å²) in [5.41, 5.74) is 5.00. The average molecular weight is 317 g/mol. The van der Waals surface area contributed by atoms with Crippen molar-refractivity contribution >= 4 is 5.69 Å². The van der Waals surface area contributed by atoms with Crippen LogP contribution in [0.25, 0.3) is 0 Å². The fraction of sp³-hybridized carbons (Fsp3) is 0.182. The molecule has 2 heteroatoms. The maximum Gasteiger partial charge on any atom is 0.121 e. The van der Waals surface area contributed by atoms with E-state index in [1.165, 1.54) is 16.7 Å². The average Bonchev–Trinajstić information content (AvgIpc) is 2.63. The van der Waals surface area contributed by atoms with Crippen molar-refractivity contribution in [3.8, 4) is 5.75 Å². The van der Waals surface area contributed by atoms with Crippen molar-refractivity contribution in [1.82, 2.24) is 0 Å². The van der Waals surface area contributed by atoms with Crippen molar-refractivity contribution in [2.45, 2.75) is 20.0 Å². The van der Waals surface area contributed by atoms with Gasteiger partial charge in [0.15, 0.2) is 0 Å². The molecule has 0 aliphatic rings. The third-order valence-corrected chi connectivity index (χ3v) is 4.07. The van der Waals surface area contributed by atoms with Gasteiger partial charge in [0.1, 0.15) is 12.4 Å². The van der Waals surface area contributed by atoms with E-state index in [0.717, 1.165) is 24.4 Å². The lowest BCUT2D eigenvalue weighted by Gasteiger charge is -2.11. The Morgan fingerprint density at radius 1 is 0.833 bits per heavy atom. The molecule has 0 amide bonds. The van der Waals surface area contributed by atoms with E-state index in [9.17, 15) is 0 Å². The van der Waals surface area contributed by atoms with E-state index in [4.69, 9.17) is 4.74 Å². The van der Waals surface area contributed by atoms with E-state index in [0.29, 0.717) is 6.61 Å².